The standard InChI is InChI=1S/C16H21N5/c1-3-17-9-12-4-5-14-13(8-12)11(2)20-16(21-14)15-10-18-6-7-19-15/h6-7,10,12,17H,3-5,8-9H2,1-2H3. The number of fused-ring (bicyclic) bond motifs is 1. The third-order valence-electron chi connectivity index (χ3n) is 4.06. The second kappa shape index (κ2) is 6.26. The first-order chi connectivity index (χ1) is 10.3. The monoisotopic (exact) mass is 283 g/mol. The van der Waals surface area contributed by atoms with Crippen molar-refractivity contribution in [3.63, 3.8) is 0 Å². The summed E-state index contributed by atoms with van der Waals surface area (Å²) in [5, 5.41) is 3.45. The van der Waals surface area contributed by atoms with Gasteiger partial charge in [0.05, 0.1) is 6.20 Å². The van der Waals surface area contributed by atoms with Crippen LogP contribution in [-0.2, 0) is 12.8 Å². The molecule has 0 amide bonds. The number of nitrogens with one attached hydrogen (secondary N) is 1. The van der Waals surface area contributed by atoms with Crippen molar-refractivity contribution in [1.82, 2.24) is 25.3 Å². The summed E-state index contributed by atoms with van der Waals surface area (Å²) in [5.74, 6) is 1.40. The van der Waals surface area contributed by atoms with E-state index in [9.17, 15) is 0 Å². The Morgan fingerprint density at radius 1 is 1.29 bits per heavy atom. The first kappa shape index (κ1) is 14.1. The Morgan fingerprint density at radius 2 is 2.19 bits per heavy atom. The third kappa shape index (κ3) is 3.08. The maximum absolute atomic E-state index is 4.73. The lowest BCUT2D eigenvalue weighted by Gasteiger charge is -2.25. The van der Waals surface area contributed by atoms with Gasteiger partial charge < -0.3 is 5.32 Å². The molecule has 1 aliphatic carbocycles. The fraction of sp³-hybridized carbons (Fsp3) is 0.500. The summed E-state index contributed by atoms with van der Waals surface area (Å²) < 4.78 is 0. The molecule has 0 saturated carbocycles. The van der Waals surface area contributed by atoms with E-state index in [1.807, 2.05) is 0 Å². The van der Waals surface area contributed by atoms with Crippen LogP contribution in [0.25, 0.3) is 11.5 Å². The summed E-state index contributed by atoms with van der Waals surface area (Å²) in [5.41, 5.74) is 4.35. The number of hydrogen-bond acceptors (Lipinski definition) is 5. The van der Waals surface area contributed by atoms with Crippen LogP contribution in [0.15, 0.2) is 18.6 Å². The molecule has 1 N–H and O–H groups in total. The van der Waals surface area contributed by atoms with Crippen molar-refractivity contribution in [2.24, 2.45) is 5.92 Å². The van der Waals surface area contributed by atoms with Gasteiger partial charge in [0.15, 0.2) is 5.82 Å². The highest BCUT2D eigenvalue weighted by Crippen LogP contribution is 2.27. The molecule has 5 heteroatoms. The third-order valence-corrected chi connectivity index (χ3v) is 4.06. The molecule has 110 valence electrons. The lowest BCUT2D eigenvalue weighted by atomic mass is 9.85. The summed E-state index contributed by atoms with van der Waals surface area (Å²) in [6, 6.07) is 0. The minimum absolute atomic E-state index is 0.696. The van der Waals surface area contributed by atoms with Crippen LogP contribution in [0.4, 0.5) is 0 Å². The summed E-state index contributed by atoms with van der Waals surface area (Å²) in [6.07, 6.45) is 8.37. The van der Waals surface area contributed by atoms with E-state index in [1.165, 1.54) is 17.7 Å². The van der Waals surface area contributed by atoms with Crippen molar-refractivity contribution < 1.29 is 0 Å². The van der Waals surface area contributed by atoms with E-state index in [4.69, 9.17) is 4.98 Å². The molecule has 0 radical (unpaired) electrons. The first-order valence-corrected chi connectivity index (χ1v) is 7.61. The Balaban J connectivity index is 1.87. The van der Waals surface area contributed by atoms with E-state index in [1.54, 1.807) is 18.6 Å². The van der Waals surface area contributed by atoms with Gasteiger partial charge in [0.2, 0.25) is 0 Å². The molecule has 1 aliphatic rings. The SMILES string of the molecule is CCNCC1CCc2nc(-c3cnccn3)nc(C)c2C1. The van der Waals surface area contributed by atoms with Crippen LogP contribution in [0.5, 0.6) is 0 Å². The van der Waals surface area contributed by atoms with E-state index in [2.05, 4.69) is 34.1 Å². The number of aromatic nitrogens is 4. The molecule has 2 heterocycles. The topological polar surface area (TPSA) is 63.6 Å². The van der Waals surface area contributed by atoms with Gasteiger partial charge >= 0.3 is 0 Å². The van der Waals surface area contributed by atoms with Crippen molar-refractivity contribution in [2.45, 2.75) is 33.1 Å². The van der Waals surface area contributed by atoms with Gasteiger partial charge in [-0.3, -0.25) is 4.98 Å². The number of rotatable bonds is 4. The quantitative estimate of drug-likeness (QED) is 0.929. The molecule has 5 nitrogen and oxygen atoms in total. The number of aryl methyl sites for hydroxylation is 2. The van der Waals surface area contributed by atoms with Crippen LogP contribution < -0.4 is 5.32 Å². The minimum atomic E-state index is 0.696. The maximum Gasteiger partial charge on any atom is 0.180 e. The molecule has 0 aliphatic heterocycles. The average molecular weight is 283 g/mol. The van der Waals surface area contributed by atoms with Crippen LogP contribution >= 0.6 is 0 Å². The van der Waals surface area contributed by atoms with Gasteiger partial charge in [-0.2, -0.15) is 0 Å². The van der Waals surface area contributed by atoms with Gasteiger partial charge in [0, 0.05) is 23.8 Å². The van der Waals surface area contributed by atoms with Gasteiger partial charge in [0.1, 0.15) is 5.69 Å². The smallest absolute Gasteiger partial charge is 0.180 e. The predicted molar refractivity (Wildman–Crippen MR) is 81.9 cm³/mol. The van der Waals surface area contributed by atoms with E-state index in [0.29, 0.717) is 11.7 Å². The van der Waals surface area contributed by atoms with Gasteiger partial charge in [-0.15, -0.1) is 0 Å². The largest absolute Gasteiger partial charge is 0.317 e. The molecule has 3 rings (SSSR count). The maximum atomic E-state index is 4.73. The highest BCUT2D eigenvalue weighted by Gasteiger charge is 2.22. The molecule has 0 saturated heterocycles. The Labute approximate surface area is 125 Å². The van der Waals surface area contributed by atoms with Gasteiger partial charge in [-0.25, -0.2) is 15.0 Å². The normalized spacial score (nSPS) is 17.5. The van der Waals surface area contributed by atoms with Crippen molar-refractivity contribution >= 4 is 0 Å². The molecule has 0 bridgehead atoms. The molecule has 0 aromatic carbocycles. The van der Waals surface area contributed by atoms with Crippen molar-refractivity contribution in [2.75, 3.05) is 13.1 Å². The molecular formula is C16H21N5. The molecule has 0 spiro atoms. The molecule has 0 fully saturated rings. The van der Waals surface area contributed by atoms with Gasteiger partial charge in [0.25, 0.3) is 0 Å². The van der Waals surface area contributed by atoms with Crippen LogP contribution in [0.1, 0.15) is 30.3 Å². The van der Waals surface area contributed by atoms with Crippen molar-refractivity contribution in [3.05, 3.63) is 35.5 Å². The summed E-state index contributed by atoms with van der Waals surface area (Å²) in [7, 11) is 0. The van der Waals surface area contributed by atoms with Gasteiger partial charge in [-0.05, 0) is 50.8 Å². The molecule has 21 heavy (non-hydrogen) atoms. The van der Waals surface area contributed by atoms with Crippen LogP contribution in [0.2, 0.25) is 0 Å². The fourth-order valence-electron chi connectivity index (χ4n) is 2.91. The molecule has 2 aromatic rings. The van der Waals surface area contributed by atoms with Crippen LogP contribution in [0, 0.1) is 12.8 Å². The Bertz CT molecular complexity index is 612. The number of hydrogen-bond donors (Lipinski definition) is 1. The fourth-order valence-corrected chi connectivity index (χ4v) is 2.91. The second-order valence-electron chi connectivity index (χ2n) is 5.57. The Kier molecular flexibility index (Phi) is 4.20. The van der Waals surface area contributed by atoms with Gasteiger partial charge in [-0.1, -0.05) is 6.92 Å². The first-order valence-electron chi connectivity index (χ1n) is 7.61. The van der Waals surface area contributed by atoms with E-state index in [-0.39, 0.29) is 0 Å². The highest BCUT2D eigenvalue weighted by atomic mass is 14.9. The van der Waals surface area contributed by atoms with Crippen LogP contribution in [0.3, 0.4) is 0 Å². The minimum Gasteiger partial charge on any atom is -0.317 e. The summed E-state index contributed by atoms with van der Waals surface area (Å²) >= 11 is 0. The lowest BCUT2D eigenvalue weighted by molar-refractivity contribution is 0.423. The van der Waals surface area contributed by atoms with Crippen LogP contribution in [-0.4, -0.2) is 33.0 Å². The highest BCUT2D eigenvalue weighted by molar-refractivity contribution is 5.49. The van der Waals surface area contributed by atoms with E-state index in [0.717, 1.165) is 37.3 Å². The van der Waals surface area contributed by atoms with Crippen molar-refractivity contribution in [1.29, 1.82) is 0 Å². The average Bonchev–Trinajstić information content (AvgIpc) is 2.54. The summed E-state index contributed by atoms with van der Waals surface area (Å²) in [4.78, 5) is 17.8. The predicted octanol–water partition coefficient (Wildman–Crippen LogP) is 1.96. The number of nitrogens with zero attached hydrogens (tertiary/aromatic N) is 4. The molecular weight excluding hydrogens is 262 g/mol. The molecule has 1 atom stereocenters. The lowest BCUT2D eigenvalue weighted by Crippen LogP contribution is -2.28. The second-order valence-corrected chi connectivity index (χ2v) is 5.57. The molecule has 1 unspecified atom stereocenters. The summed E-state index contributed by atoms with van der Waals surface area (Å²) in [6.45, 7) is 6.35. The van der Waals surface area contributed by atoms with E-state index < -0.39 is 0 Å². The zero-order valence-corrected chi connectivity index (χ0v) is 12.6. The van der Waals surface area contributed by atoms with Crippen molar-refractivity contribution in [3.8, 4) is 11.5 Å². The Hall–Kier alpha value is -1.88. The zero-order chi connectivity index (χ0) is 14.7. The Morgan fingerprint density at radius 3 is 2.95 bits per heavy atom. The molecule has 2 aromatic heterocycles. The zero-order valence-electron chi connectivity index (χ0n) is 12.6. The van der Waals surface area contributed by atoms with E-state index >= 15 is 0 Å².